The summed E-state index contributed by atoms with van der Waals surface area (Å²) in [6.07, 6.45) is 0.410. The van der Waals surface area contributed by atoms with Crippen molar-refractivity contribution in [1.82, 2.24) is 0 Å². The fourth-order valence-corrected chi connectivity index (χ4v) is 0.656. The van der Waals surface area contributed by atoms with Gasteiger partial charge in [0, 0.05) is 12.5 Å². The molecule has 0 amide bonds. The molecule has 0 aromatic rings. The summed E-state index contributed by atoms with van der Waals surface area (Å²) in [5.41, 5.74) is 0. The number of carbonyl (C=O) groups is 2. The van der Waals surface area contributed by atoms with Crippen LogP contribution in [0.3, 0.4) is 0 Å². The van der Waals surface area contributed by atoms with Crippen LogP contribution in [0.15, 0.2) is 12.7 Å². The van der Waals surface area contributed by atoms with Crippen LogP contribution < -0.4 is 0 Å². The normalized spacial score (nSPS) is 11.3. The van der Waals surface area contributed by atoms with Crippen LogP contribution >= 0.6 is 0 Å². The Morgan fingerprint density at radius 2 is 2.14 bits per heavy atom. The van der Waals surface area contributed by atoms with Crippen LogP contribution in [0.1, 0.15) is 13.3 Å². The Balaban J connectivity index is 3.53. The minimum atomic E-state index is -0.743. The van der Waals surface area contributed by atoms with E-state index in [1.807, 2.05) is 0 Å². The topological polar surface area (TPSA) is 61.8 Å². The lowest BCUT2D eigenvalue weighted by atomic mass is 10.3. The Kier molecular flexibility index (Phi) is 6.19. The number of rotatable bonds is 5. The minimum Gasteiger partial charge on any atom is -0.462 e. The van der Waals surface area contributed by atoms with Gasteiger partial charge >= 0.3 is 12.1 Å². The number of methoxy groups -OCH3 is 1. The van der Waals surface area contributed by atoms with Gasteiger partial charge < -0.3 is 14.2 Å². The second-order valence-electron chi connectivity index (χ2n) is 2.54. The predicted octanol–water partition coefficient (Wildman–Crippen LogP) is 1.28. The van der Waals surface area contributed by atoms with Crippen LogP contribution in [0, 0.1) is 0 Å². The molecule has 0 radical (unpaired) electrons. The molecule has 0 fully saturated rings. The lowest BCUT2D eigenvalue weighted by Crippen LogP contribution is -2.17. The predicted molar refractivity (Wildman–Crippen MR) is 48.7 cm³/mol. The molecule has 1 unspecified atom stereocenters. The van der Waals surface area contributed by atoms with Crippen molar-refractivity contribution in [3.63, 3.8) is 0 Å². The molecule has 1 atom stereocenters. The van der Waals surface area contributed by atoms with E-state index in [0.29, 0.717) is 6.42 Å². The molecule has 80 valence electrons. The highest BCUT2D eigenvalue weighted by Crippen LogP contribution is 1.99. The maximum Gasteiger partial charge on any atom is 0.508 e. The van der Waals surface area contributed by atoms with Gasteiger partial charge in [0.05, 0.1) is 13.7 Å². The van der Waals surface area contributed by atoms with Crippen LogP contribution in [-0.2, 0) is 19.0 Å². The molecular weight excluding hydrogens is 188 g/mol. The quantitative estimate of drug-likeness (QED) is 0.496. The minimum absolute atomic E-state index is 0.184. The zero-order chi connectivity index (χ0) is 11.0. The fourth-order valence-electron chi connectivity index (χ4n) is 0.656. The first kappa shape index (κ1) is 12.5. The molecule has 0 spiro atoms. The monoisotopic (exact) mass is 202 g/mol. The highest BCUT2D eigenvalue weighted by molar-refractivity contribution is 5.81. The molecule has 0 saturated heterocycles. The van der Waals surface area contributed by atoms with E-state index in [4.69, 9.17) is 4.74 Å². The first-order chi connectivity index (χ1) is 6.60. The van der Waals surface area contributed by atoms with E-state index in [-0.39, 0.29) is 12.7 Å². The van der Waals surface area contributed by atoms with E-state index in [0.717, 1.165) is 6.08 Å². The van der Waals surface area contributed by atoms with Gasteiger partial charge in [0.1, 0.15) is 6.10 Å². The molecule has 0 N–H and O–H groups in total. The number of esters is 1. The van der Waals surface area contributed by atoms with E-state index in [1.54, 1.807) is 6.92 Å². The summed E-state index contributed by atoms with van der Waals surface area (Å²) in [6.45, 7) is 5.10. The molecule has 0 aromatic heterocycles. The molecule has 5 nitrogen and oxygen atoms in total. The summed E-state index contributed by atoms with van der Waals surface area (Å²) in [5, 5.41) is 0. The Morgan fingerprint density at radius 1 is 1.50 bits per heavy atom. The van der Waals surface area contributed by atoms with Crippen molar-refractivity contribution in [3.8, 4) is 0 Å². The average molecular weight is 202 g/mol. The van der Waals surface area contributed by atoms with Crippen LogP contribution in [-0.4, -0.2) is 31.9 Å². The molecule has 0 rings (SSSR count). The highest BCUT2D eigenvalue weighted by atomic mass is 16.7. The Hall–Kier alpha value is -1.52. The summed E-state index contributed by atoms with van der Waals surface area (Å²) in [4.78, 5) is 21.2. The first-order valence-electron chi connectivity index (χ1n) is 4.14. The molecule has 0 heterocycles. The van der Waals surface area contributed by atoms with Gasteiger partial charge in [0.2, 0.25) is 0 Å². The summed E-state index contributed by atoms with van der Waals surface area (Å²) < 4.78 is 13.7. The molecule has 0 saturated carbocycles. The van der Waals surface area contributed by atoms with Crippen LogP contribution in [0.4, 0.5) is 4.79 Å². The molecule has 0 aliphatic carbocycles. The van der Waals surface area contributed by atoms with E-state index in [9.17, 15) is 9.59 Å². The van der Waals surface area contributed by atoms with Crippen molar-refractivity contribution in [2.75, 3.05) is 13.7 Å². The smallest absolute Gasteiger partial charge is 0.462 e. The molecule has 5 heteroatoms. The molecule has 0 bridgehead atoms. The SMILES string of the molecule is C=CC(=O)OCCC(C)OC(=O)OC. The van der Waals surface area contributed by atoms with Gasteiger partial charge in [-0.25, -0.2) is 9.59 Å². The molecule has 0 aliphatic heterocycles. The van der Waals surface area contributed by atoms with Crippen molar-refractivity contribution in [2.24, 2.45) is 0 Å². The Bertz CT molecular complexity index is 211. The highest BCUT2D eigenvalue weighted by Gasteiger charge is 2.09. The zero-order valence-corrected chi connectivity index (χ0v) is 8.32. The number of ether oxygens (including phenoxy) is 3. The zero-order valence-electron chi connectivity index (χ0n) is 8.32. The number of hydrogen-bond acceptors (Lipinski definition) is 5. The largest absolute Gasteiger partial charge is 0.508 e. The first-order valence-corrected chi connectivity index (χ1v) is 4.14. The van der Waals surface area contributed by atoms with Gasteiger partial charge in [0.15, 0.2) is 0 Å². The third-order valence-electron chi connectivity index (χ3n) is 1.40. The maximum absolute atomic E-state index is 10.6. The second-order valence-corrected chi connectivity index (χ2v) is 2.54. The molecular formula is C9H14O5. The van der Waals surface area contributed by atoms with Crippen LogP contribution in [0.5, 0.6) is 0 Å². The maximum atomic E-state index is 10.6. The van der Waals surface area contributed by atoms with Crippen LogP contribution in [0.2, 0.25) is 0 Å². The van der Waals surface area contributed by atoms with Gasteiger partial charge in [0.25, 0.3) is 0 Å². The van der Waals surface area contributed by atoms with Gasteiger partial charge in [-0.2, -0.15) is 0 Å². The average Bonchev–Trinajstić information content (AvgIpc) is 2.17. The third kappa shape index (κ3) is 6.05. The van der Waals surface area contributed by atoms with Crippen molar-refractivity contribution >= 4 is 12.1 Å². The summed E-state index contributed by atoms with van der Waals surface area (Å²) in [6, 6.07) is 0. The Labute approximate surface area is 82.6 Å². The van der Waals surface area contributed by atoms with Crippen molar-refractivity contribution in [1.29, 1.82) is 0 Å². The van der Waals surface area contributed by atoms with Gasteiger partial charge in [-0.1, -0.05) is 6.58 Å². The van der Waals surface area contributed by atoms with Crippen molar-refractivity contribution in [2.45, 2.75) is 19.4 Å². The second kappa shape index (κ2) is 6.94. The summed E-state index contributed by atoms with van der Waals surface area (Å²) in [5.74, 6) is -0.490. The van der Waals surface area contributed by atoms with Gasteiger partial charge in [-0.15, -0.1) is 0 Å². The standard InChI is InChI=1S/C9H14O5/c1-4-8(10)13-6-5-7(2)14-9(11)12-3/h4,7H,1,5-6H2,2-3H3. The van der Waals surface area contributed by atoms with E-state index in [1.165, 1.54) is 7.11 Å². The number of hydrogen-bond donors (Lipinski definition) is 0. The van der Waals surface area contributed by atoms with Crippen LogP contribution in [0.25, 0.3) is 0 Å². The summed E-state index contributed by atoms with van der Waals surface area (Å²) in [7, 11) is 1.23. The Morgan fingerprint density at radius 3 is 2.64 bits per heavy atom. The third-order valence-corrected chi connectivity index (χ3v) is 1.40. The van der Waals surface area contributed by atoms with E-state index in [2.05, 4.69) is 16.1 Å². The fraction of sp³-hybridized carbons (Fsp3) is 0.556. The molecule has 0 aliphatic rings. The van der Waals surface area contributed by atoms with Gasteiger partial charge in [-0.05, 0) is 6.92 Å². The lowest BCUT2D eigenvalue weighted by molar-refractivity contribution is -0.138. The lowest BCUT2D eigenvalue weighted by Gasteiger charge is -2.11. The number of carbonyl (C=O) groups excluding carboxylic acids is 2. The van der Waals surface area contributed by atoms with Gasteiger partial charge in [-0.3, -0.25) is 0 Å². The van der Waals surface area contributed by atoms with Crippen molar-refractivity contribution < 1.29 is 23.8 Å². The van der Waals surface area contributed by atoms with Crippen molar-refractivity contribution in [3.05, 3.63) is 12.7 Å². The van der Waals surface area contributed by atoms with E-state index < -0.39 is 12.1 Å². The van der Waals surface area contributed by atoms with E-state index >= 15 is 0 Å². The molecule has 14 heavy (non-hydrogen) atoms. The summed E-state index contributed by atoms with van der Waals surface area (Å²) >= 11 is 0. The molecule has 0 aromatic carbocycles.